The maximum Gasteiger partial charge on any atom is 0.230 e. The highest BCUT2D eigenvalue weighted by molar-refractivity contribution is 7.99. The third-order valence-electron chi connectivity index (χ3n) is 4.45. The Hall–Kier alpha value is -2.80. The molecule has 0 fully saturated rings. The third-order valence-corrected chi connectivity index (χ3v) is 5.40. The number of ether oxygens (including phenoxy) is 1. The molecule has 0 radical (unpaired) electrons. The third kappa shape index (κ3) is 5.17. The molecule has 1 amide bonds. The van der Waals surface area contributed by atoms with E-state index in [9.17, 15) is 9.18 Å². The van der Waals surface area contributed by atoms with Crippen molar-refractivity contribution < 1.29 is 18.3 Å². The maximum absolute atomic E-state index is 13.9. The van der Waals surface area contributed by atoms with Gasteiger partial charge in [0, 0.05) is 11.3 Å². The molecule has 0 bridgehead atoms. The van der Waals surface area contributed by atoms with E-state index in [4.69, 9.17) is 9.15 Å². The predicted molar refractivity (Wildman–Crippen MR) is 112 cm³/mol. The predicted octanol–water partition coefficient (Wildman–Crippen LogP) is 4.91. The van der Waals surface area contributed by atoms with Gasteiger partial charge >= 0.3 is 0 Å². The SMILES string of the molecule is COc1ccccc1C(C)NC(=O)CSCc1nc(-c2ccccc2F)oc1C. The maximum atomic E-state index is 13.9. The number of rotatable bonds is 8. The van der Waals surface area contributed by atoms with Crippen molar-refractivity contribution >= 4 is 17.7 Å². The first-order valence-corrected chi connectivity index (χ1v) is 10.4. The molecule has 0 saturated carbocycles. The van der Waals surface area contributed by atoms with Crippen LogP contribution in [0.1, 0.15) is 30.0 Å². The molecule has 0 saturated heterocycles. The number of carbonyl (C=O) groups is 1. The van der Waals surface area contributed by atoms with Gasteiger partial charge < -0.3 is 14.5 Å². The van der Waals surface area contributed by atoms with Gasteiger partial charge in [0.1, 0.15) is 17.3 Å². The summed E-state index contributed by atoms with van der Waals surface area (Å²) in [6, 6.07) is 13.8. The average molecular weight is 415 g/mol. The second-order valence-corrected chi connectivity index (χ2v) is 7.51. The number of hydrogen-bond donors (Lipinski definition) is 1. The minimum Gasteiger partial charge on any atom is -0.496 e. The van der Waals surface area contributed by atoms with Crippen molar-refractivity contribution in [2.24, 2.45) is 0 Å². The number of para-hydroxylation sites is 1. The number of hydrogen-bond acceptors (Lipinski definition) is 5. The Morgan fingerprint density at radius 2 is 1.97 bits per heavy atom. The number of benzene rings is 2. The molecule has 1 unspecified atom stereocenters. The number of methoxy groups -OCH3 is 1. The van der Waals surface area contributed by atoms with Crippen LogP contribution >= 0.6 is 11.8 Å². The van der Waals surface area contributed by atoms with Gasteiger partial charge in [-0.05, 0) is 32.0 Å². The second-order valence-electron chi connectivity index (χ2n) is 6.53. The Kier molecular flexibility index (Phi) is 6.93. The molecule has 0 spiro atoms. The van der Waals surface area contributed by atoms with E-state index in [-0.39, 0.29) is 29.4 Å². The lowest BCUT2D eigenvalue weighted by molar-refractivity contribution is -0.119. The molecule has 3 aromatic rings. The molecule has 152 valence electrons. The second kappa shape index (κ2) is 9.60. The summed E-state index contributed by atoms with van der Waals surface area (Å²) < 4.78 is 24.9. The number of carbonyl (C=O) groups excluding carboxylic acids is 1. The highest BCUT2D eigenvalue weighted by Gasteiger charge is 2.16. The van der Waals surface area contributed by atoms with Crippen LogP contribution in [0.15, 0.2) is 52.9 Å². The van der Waals surface area contributed by atoms with E-state index in [1.54, 1.807) is 32.2 Å². The Morgan fingerprint density at radius 3 is 2.72 bits per heavy atom. The summed E-state index contributed by atoms with van der Waals surface area (Å²) in [6.07, 6.45) is 0. The zero-order valence-corrected chi connectivity index (χ0v) is 17.4. The molecule has 29 heavy (non-hydrogen) atoms. The summed E-state index contributed by atoms with van der Waals surface area (Å²) in [6.45, 7) is 3.71. The van der Waals surface area contributed by atoms with E-state index < -0.39 is 0 Å². The van der Waals surface area contributed by atoms with Gasteiger partial charge in [0.25, 0.3) is 0 Å². The van der Waals surface area contributed by atoms with Gasteiger partial charge in [0.2, 0.25) is 11.8 Å². The number of amides is 1. The average Bonchev–Trinajstić information content (AvgIpc) is 3.08. The van der Waals surface area contributed by atoms with Crippen LogP contribution in [-0.4, -0.2) is 23.8 Å². The molecule has 3 rings (SSSR count). The van der Waals surface area contributed by atoms with Crippen molar-refractivity contribution in [3.05, 3.63) is 71.4 Å². The monoisotopic (exact) mass is 414 g/mol. The van der Waals surface area contributed by atoms with E-state index in [0.29, 0.717) is 22.8 Å². The zero-order valence-electron chi connectivity index (χ0n) is 16.6. The topological polar surface area (TPSA) is 64.4 Å². The smallest absolute Gasteiger partial charge is 0.230 e. The summed E-state index contributed by atoms with van der Waals surface area (Å²) in [5.41, 5.74) is 1.96. The van der Waals surface area contributed by atoms with Crippen LogP contribution in [0.5, 0.6) is 5.75 Å². The van der Waals surface area contributed by atoms with E-state index in [1.165, 1.54) is 17.8 Å². The number of thioether (sulfide) groups is 1. The summed E-state index contributed by atoms with van der Waals surface area (Å²) in [4.78, 5) is 16.7. The summed E-state index contributed by atoms with van der Waals surface area (Å²) >= 11 is 1.43. The van der Waals surface area contributed by atoms with Crippen molar-refractivity contribution in [2.45, 2.75) is 25.6 Å². The van der Waals surface area contributed by atoms with Crippen LogP contribution in [0.4, 0.5) is 4.39 Å². The fourth-order valence-corrected chi connectivity index (χ4v) is 3.77. The first kappa shape index (κ1) is 20.9. The van der Waals surface area contributed by atoms with Crippen molar-refractivity contribution in [1.82, 2.24) is 10.3 Å². The molecule has 0 aliphatic heterocycles. The molecule has 1 N–H and O–H groups in total. The minimum absolute atomic E-state index is 0.0797. The molecule has 2 aromatic carbocycles. The number of halogens is 1. The van der Waals surface area contributed by atoms with Gasteiger partial charge in [0.15, 0.2) is 0 Å². The molecule has 5 nitrogen and oxygen atoms in total. The highest BCUT2D eigenvalue weighted by atomic mass is 32.2. The van der Waals surface area contributed by atoms with E-state index >= 15 is 0 Å². The molecule has 0 aliphatic carbocycles. The Bertz CT molecular complexity index is 990. The molecular weight excluding hydrogens is 391 g/mol. The van der Waals surface area contributed by atoms with Crippen LogP contribution in [0, 0.1) is 12.7 Å². The minimum atomic E-state index is -0.377. The molecular formula is C22H23FN2O3S. The number of aromatic nitrogens is 1. The van der Waals surface area contributed by atoms with Crippen LogP contribution in [-0.2, 0) is 10.5 Å². The lowest BCUT2D eigenvalue weighted by atomic mass is 10.1. The standard InChI is InChI=1S/C22H23FN2O3S/c1-14(16-8-5-7-11-20(16)27-3)24-21(26)13-29-12-19-15(2)28-22(25-19)17-9-4-6-10-18(17)23/h4-11,14H,12-13H2,1-3H3,(H,24,26). The van der Waals surface area contributed by atoms with Gasteiger partial charge in [0.05, 0.1) is 30.2 Å². The van der Waals surface area contributed by atoms with Gasteiger partial charge in [-0.25, -0.2) is 9.37 Å². The number of oxazole rings is 1. The highest BCUT2D eigenvalue weighted by Crippen LogP contribution is 2.27. The quantitative estimate of drug-likeness (QED) is 0.567. The van der Waals surface area contributed by atoms with Gasteiger partial charge in [-0.2, -0.15) is 0 Å². The van der Waals surface area contributed by atoms with Crippen molar-refractivity contribution in [3.8, 4) is 17.2 Å². The van der Waals surface area contributed by atoms with E-state index in [0.717, 1.165) is 11.3 Å². The van der Waals surface area contributed by atoms with Crippen LogP contribution in [0.3, 0.4) is 0 Å². The summed E-state index contributed by atoms with van der Waals surface area (Å²) in [5, 5.41) is 2.98. The number of nitrogens with zero attached hydrogens (tertiary/aromatic N) is 1. The van der Waals surface area contributed by atoms with E-state index in [1.807, 2.05) is 31.2 Å². The van der Waals surface area contributed by atoms with Crippen molar-refractivity contribution in [1.29, 1.82) is 0 Å². The Balaban J connectivity index is 1.55. The van der Waals surface area contributed by atoms with Crippen molar-refractivity contribution in [3.63, 3.8) is 0 Å². The molecule has 1 heterocycles. The normalized spacial score (nSPS) is 11.9. The first-order valence-electron chi connectivity index (χ1n) is 9.20. The zero-order chi connectivity index (χ0) is 20.8. The number of aryl methyl sites for hydroxylation is 1. The van der Waals surface area contributed by atoms with Crippen LogP contribution in [0.2, 0.25) is 0 Å². The van der Waals surface area contributed by atoms with Gasteiger partial charge in [-0.1, -0.05) is 30.3 Å². The summed E-state index contributed by atoms with van der Waals surface area (Å²) in [5.74, 6) is 1.94. The molecule has 0 aliphatic rings. The first-order chi connectivity index (χ1) is 14.0. The van der Waals surface area contributed by atoms with Crippen LogP contribution in [0.25, 0.3) is 11.5 Å². The fourth-order valence-electron chi connectivity index (χ4n) is 2.94. The van der Waals surface area contributed by atoms with Gasteiger partial charge in [-0.3, -0.25) is 4.79 Å². The van der Waals surface area contributed by atoms with E-state index in [2.05, 4.69) is 10.3 Å². The largest absolute Gasteiger partial charge is 0.496 e. The Labute approximate surface area is 173 Å². The molecule has 1 atom stereocenters. The van der Waals surface area contributed by atoms with Crippen molar-refractivity contribution in [2.75, 3.05) is 12.9 Å². The van der Waals surface area contributed by atoms with Crippen LogP contribution < -0.4 is 10.1 Å². The molecule has 7 heteroatoms. The Morgan fingerprint density at radius 1 is 1.24 bits per heavy atom. The fraction of sp³-hybridized carbons (Fsp3) is 0.273. The lowest BCUT2D eigenvalue weighted by Gasteiger charge is -2.17. The summed E-state index contributed by atoms with van der Waals surface area (Å²) in [7, 11) is 1.61. The number of nitrogens with one attached hydrogen (secondary N) is 1. The lowest BCUT2D eigenvalue weighted by Crippen LogP contribution is -2.28. The van der Waals surface area contributed by atoms with Gasteiger partial charge in [-0.15, -0.1) is 11.8 Å². The molecule has 1 aromatic heterocycles.